The summed E-state index contributed by atoms with van der Waals surface area (Å²) >= 11 is 0. The summed E-state index contributed by atoms with van der Waals surface area (Å²) in [5.74, 6) is -0.709. The molecule has 0 saturated carbocycles. The highest BCUT2D eigenvalue weighted by Gasteiger charge is 2.27. The monoisotopic (exact) mass is 685 g/mol. The van der Waals surface area contributed by atoms with Crippen molar-refractivity contribution in [1.82, 2.24) is 10.2 Å². The number of ether oxygens (including phenoxy) is 2. The molecular formula is C39H76N2O7. The van der Waals surface area contributed by atoms with Crippen LogP contribution in [0.25, 0.3) is 0 Å². The molecule has 0 aromatic heterocycles. The molecule has 3 N–H and O–H groups in total. The highest BCUT2D eigenvalue weighted by Crippen LogP contribution is 2.19. The topological polar surface area (TPSA) is 125 Å². The zero-order valence-electron chi connectivity index (χ0n) is 31.4. The van der Waals surface area contributed by atoms with E-state index in [2.05, 4.69) is 35.7 Å². The molecule has 1 rings (SSSR count). The summed E-state index contributed by atoms with van der Waals surface area (Å²) in [6.45, 7) is 10.7. The van der Waals surface area contributed by atoms with Crippen LogP contribution in [0.1, 0.15) is 181 Å². The lowest BCUT2D eigenvalue weighted by atomic mass is 10.0. The van der Waals surface area contributed by atoms with Crippen molar-refractivity contribution in [3.63, 3.8) is 0 Å². The van der Waals surface area contributed by atoms with E-state index < -0.39 is 5.97 Å². The average molecular weight is 685 g/mol. The second-order valence-electron chi connectivity index (χ2n) is 13.9. The van der Waals surface area contributed by atoms with Crippen molar-refractivity contribution >= 4 is 18.4 Å². The molecule has 0 aliphatic carbocycles. The fraction of sp³-hybridized carbons (Fsp3) is 0.923. The fourth-order valence-corrected chi connectivity index (χ4v) is 6.44. The van der Waals surface area contributed by atoms with Crippen LogP contribution in [0.3, 0.4) is 0 Å². The SMILES string of the molecule is CCCCCCCCC(CCCCCCCC)OC(=O)CCCCCCCOC=O.C[C@@H]1CC(NCCO)CN1CCCCCC(=O)O. The van der Waals surface area contributed by atoms with Gasteiger partial charge in [0.1, 0.15) is 6.10 Å². The summed E-state index contributed by atoms with van der Waals surface area (Å²) < 4.78 is 10.6. The Balaban J connectivity index is 0.00000104. The van der Waals surface area contributed by atoms with Gasteiger partial charge in [0.15, 0.2) is 0 Å². The standard InChI is InChI=1S/C26H50O4.C13H26N2O3/c1-3-5-7-9-12-16-20-25(21-17-13-10-8-6-4-2)30-26(28)22-18-14-11-15-19-23-29-24-27;1-11-9-12(14-6-8-16)10-15(11)7-4-2-3-5-13(17)18/h24-25H,3-23H2,1-2H3;11-12,14,16H,2-10H2,1H3,(H,17,18)/t;11-,12?/m.1/s1. The van der Waals surface area contributed by atoms with E-state index in [1.807, 2.05) is 0 Å². The number of aliphatic hydroxyl groups is 1. The number of rotatable bonds is 33. The van der Waals surface area contributed by atoms with Crippen LogP contribution in [0.4, 0.5) is 0 Å². The van der Waals surface area contributed by atoms with E-state index in [1.54, 1.807) is 0 Å². The van der Waals surface area contributed by atoms with Crippen LogP contribution in [0.5, 0.6) is 0 Å². The number of hydrogen-bond donors (Lipinski definition) is 3. The Morgan fingerprint density at radius 1 is 0.792 bits per heavy atom. The molecule has 0 spiro atoms. The Kier molecular flexibility index (Phi) is 33.9. The number of nitrogens with zero attached hydrogens (tertiary/aromatic N) is 1. The van der Waals surface area contributed by atoms with Crippen LogP contribution in [0, 0.1) is 0 Å². The Bertz CT molecular complexity index is 723. The molecule has 9 heteroatoms. The molecule has 1 unspecified atom stereocenters. The number of aliphatic carboxylic acids is 1. The van der Waals surface area contributed by atoms with Gasteiger partial charge in [0.2, 0.25) is 0 Å². The minimum atomic E-state index is -0.696. The maximum atomic E-state index is 12.3. The van der Waals surface area contributed by atoms with Gasteiger partial charge in [-0.15, -0.1) is 0 Å². The maximum absolute atomic E-state index is 12.3. The third-order valence-electron chi connectivity index (χ3n) is 9.35. The minimum Gasteiger partial charge on any atom is -0.481 e. The number of esters is 1. The summed E-state index contributed by atoms with van der Waals surface area (Å²) in [5, 5.41) is 20.7. The molecule has 0 bridgehead atoms. The van der Waals surface area contributed by atoms with Gasteiger partial charge >= 0.3 is 11.9 Å². The second kappa shape index (κ2) is 35.1. The lowest BCUT2D eigenvalue weighted by Gasteiger charge is -2.20. The minimum absolute atomic E-state index is 0.0127. The molecule has 1 heterocycles. The van der Waals surface area contributed by atoms with Gasteiger partial charge in [-0.2, -0.15) is 0 Å². The molecule has 0 radical (unpaired) electrons. The molecule has 0 amide bonds. The maximum Gasteiger partial charge on any atom is 0.306 e. The second-order valence-corrected chi connectivity index (χ2v) is 13.9. The van der Waals surface area contributed by atoms with E-state index in [-0.39, 0.29) is 25.1 Å². The van der Waals surface area contributed by atoms with Gasteiger partial charge in [-0.25, -0.2) is 0 Å². The summed E-state index contributed by atoms with van der Waals surface area (Å²) in [6.07, 6.45) is 27.3. The molecule has 1 saturated heterocycles. The fourth-order valence-electron chi connectivity index (χ4n) is 6.44. The molecule has 0 aromatic rings. The van der Waals surface area contributed by atoms with Gasteiger partial charge in [0.25, 0.3) is 6.47 Å². The van der Waals surface area contributed by atoms with Crippen molar-refractivity contribution in [2.75, 3.05) is 32.8 Å². The largest absolute Gasteiger partial charge is 0.481 e. The van der Waals surface area contributed by atoms with Crippen LogP contribution in [0.15, 0.2) is 0 Å². The van der Waals surface area contributed by atoms with Gasteiger partial charge in [-0.1, -0.05) is 104 Å². The first kappa shape index (κ1) is 46.3. The van der Waals surface area contributed by atoms with E-state index in [1.165, 1.54) is 77.0 Å². The van der Waals surface area contributed by atoms with Crippen molar-refractivity contribution in [3.05, 3.63) is 0 Å². The van der Waals surface area contributed by atoms with Gasteiger partial charge in [0, 0.05) is 38.0 Å². The number of likely N-dealkylation sites (tertiary alicyclic amines) is 1. The van der Waals surface area contributed by atoms with E-state index in [0.717, 1.165) is 83.7 Å². The Labute approximate surface area is 294 Å². The molecule has 1 fully saturated rings. The molecule has 48 heavy (non-hydrogen) atoms. The van der Waals surface area contributed by atoms with Crippen molar-refractivity contribution < 1.29 is 34.1 Å². The number of nitrogens with one attached hydrogen (secondary N) is 1. The van der Waals surface area contributed by atoms with Crippen LogP contribution in [-0.4, -0.2) is 84.6 Å². The van der Waals surface area contributed by atoms with Gasteiger partial charge in [0.05, 0.1) is 13.2 Å². The normalized spacial score (nSPS) is 16.1. The Morgan fingerprint density at radius 3 is 1.92 bits per heavy atom. The summed E-state index contributed by atoms with van der Waals surface area (Å²) in [4.78, 5) is 35.2. The van der Waals surface area contributed by atoms with Crippen molar-refractivity contribution in [1.29, 1.82) is 0 Å². The summed E-state index contributed by atoms with van der Waals surface area (Å²) in [5.41, 5.74) is 0. The van der Waals surface area contributed by atoms with E-state index in [4.69, 9.17) is 14.9 Å². The summed E-state index contributed by atoms with van der Waals surface area (Å²) in [7, 11) is 0. The molecule has 2 atom stereocenters. The predicted molar refractivity (Wildman–Crippen MR) is 196 cm³/mol. The van der Waals surface area contributed by atoms with Crippen LogP contribution in [0.2, 0.25) is 0 Å². The van der Waals surface area contributed by atoms with Crippen molar-refractivity contribution in [2.45, 2.75) is 199 Å². The highest BCUT2D eigenvalue weighted by atomic mass is 16.5. The van der Waals surface area contributed by atoms with E-state index in [0.29, 0.717) is 38.1 Å². The molecule has 1 aliphatic rings. The Hall–Kier alpha value is -1.71. The van der Waals surface area contributed by atoms with Gasteiger partial charge < -0.3 is 25.0 Å². The number of aliphatic hydroxyl groups excluding tert-OH is 1. The van der Waals surface area contributed by atoms with E-state index >= 15 is 0 Å². The number of carbonyl (C=O) groups is 3. The molecular weight excluding hydrogens is 608 g/mol. The molecule has 284 valence electrons. The number of hydrogen-bond acceptors (Lipinski definition) is 8. The molecule has 9 nitrogen and oxygen atoms in total. The van der Waals surface area contributed by atoms with Crippen LogP contribution >= 0.6 is 0 Å². The van der Waals surface area contributed by atoms with Crippen LogP contribution < -0.4 is 5.32 Å². The third-order valence-corrected chi connectivity index (χ3v) is 9.35. The number of carbonyl (C=O) groups excluding carboxylic acids is 2. The number of carboxylic acids is 1. The highest BCUT2D eigenvalue weighted by molar-refractivity contribution is 5.69. The number of unbranched alkanes of at least 4 members (excludes halogenated alkanes) is 16. The lowest BCUT2D eigenvalue weighted by molar-refractivity contribution is -0.150. The van der Waals surface area contributed by atoms with E-state index in [9.17, 15) is 14.4 Å². The zero-order chi connectivity index (χ0) is 35.5. The first-order chi connectivity index (χ1) is 23.4. The quantitative estimate of drug-likeness (QED) is 0.0354. The molecule has 0 aromatic carbocycles. The summed E-state index contributed by atoms with van der Waals surface area (Å²) in [6, 6.07) is 1.08. The lowest BCUT2D eigenvalue weighted by Crippen LogP contribution is -2.34. The van der Waals surface area contributed by atoms with Crippen molar-refractivity contribution in [2.24, 2.45) is 0 Å². The molecule has 1 aliphatic heterocycles. The van der Waals surface area contributed by atoms with Gasteiger partial charge in [-0.05, 0) is 71.3 Å². The first-order valence-electron chi connectivity index (χ1n) is 19.9. The third kappa shape index (κ3) is 30.4. The van der Waals surface area contributed by atoms with Gasteiger partial charge in [-0.3, -0.25) is 19.3 Å². The zero-order valence-corrected chi connectivity index (χ0v) is 31.4. The Morgan fingerprint density at radius 2 is 1.33 bits per heavy atom. The predicted octanol–water partition coefficient (Wildman–Crippen LogP) is 8.59. The average Bonchev–Trinajstić information content (AvgIpc) is 3.42. The number of carboxylic acid groups (broad SMARTS) is 1. The smallest absolute Gasteiger partial charge is 0.306 e. The first-order valence-corrected chi connectivity index (χ1v) is 19.9. The van der Waals surface area contributed by atoms with Crippen molar-refractivity contribution in [3.8, 4) is 0 Å². The van der Waals surface area contributed by atoms with Crippen LogP contribution in [-0.2, 0) is 23.9 Å².